The zero-order valence-corrected chi connectivity index (χ0v) is 10.8. The summed E-state index contributed by atoms with van der Waals surface area (Å²) < 4.78 is 37.1. The van der Waals surface area contributed by atoms with E-state index in [4.69, 9.17) is 11.6 Å². The van der Waals surface area contributed by atoms with Crippen LogP contribution in [0.2, 0.25) is 5.28 Å². The summed E-state index contributed by atoms with van der Waals surface area (Å²) in [6.07, 6.45) is -4.38. The smallest absolute Gasteiger partial charge is 0.352 e. The maximum absolute atomic E-state index is 12.4. The Morgan fingerprint density at radius 2 is 1.50 bits per heavy atom. The van der Waals surface area contributed by atoms with E-state index in [1.807, 2.05) is 13.8 Å². The van der Waals surface area contributed by atoms with E-state index in [0.717, 1.165) is 6.92 Å². The average Bonchev–Trinajstić information content (AvgIpc) is 2.13. The van der Waals surface area contributed by atoms with Crippen molar-refractivity contribution < 1.29 is 13.2 Å². The van der Waals surface area contributed by atoms with E-state index >= 15 is 0 Å². The molecule has 1 aromatic heterocycles. The zero-order valence-electron chi connectivity index (χ0n) is 10.0. The molecule has 0 aliphatic rings. The van der Waals surface area contributed by atoms with Gasteiger partial charge in [0, 0.05) is 6.04 Å². The Balaban J connectivity index is 2.86. The van der Waals surface area contributed by atoms with Gasteiger partial charge in [0.15, 0.2) is 0 Å². The van der Waals surface area contributed by atoms with E-state index in [1.165, 1.54) is 0 Å². The molecule has 0 radical (unpaired) electrons. The highest BCUT2D eigenvalue weighted by Gasteiger charge is 2.36. The molecule has 1 aromatic rings. The summed E-state index contributed by atoms with van der Waals surface area (Å²) in [7, 11) is 0. The molecule has 2 N–H and O–H groups in total. The number of nitrogens with one attached hydrogen (secondary N) is 2. The van der Waals surface area contributed by atoms with Gasteiger partial charge in [0.25, 0.3) is 0 Å². The molecule has 0 saturated heterocycles. The van der Waals surface area contributed by atoms with Gasteiger partial charge in [0.1, 0.15) is 6.04 Å². The molecule has 0 aliphatic heterocycles. The van der Waals surface area contributed by atoms with Gasteiger partial charge in [-0.05, 0) is 32.4 Å². The van der Waals surface area contributed by atoms with Crippen LogP contribution in [0.25, 0.3) is 0 Å². The summed E-state index contributed by atoms with van der Waals surface area (Å²) >= 11 is 5.61. The van der Waals surface area contributed by atoms with Crippen molar-refractivity contribution in [2.45, 2.75) is 39.0 Å². The topological polar surface area (TPSA) is 62.7 Å². The van der Waals surface area contributed by atoms with E-state index in [0.29, 0.717) is 0 Å². The Morgan fingerprint density at radius 3 is 1.94 bits per heavy atom. The number of hydrogen-bond acceptors (Lipinski definition) is 5. The molecule has 0 saturated carbocycles. The van der Waals surface area contributed by atoms with Crippen molar-refractivity contribution in [1.29, 1.82) is 0 Å². The highest BCUT2D eigenvalue weighted by atomic mass is 35.5. The van der Waals surface area contributed by atoms with E-state index in [2.05, 4.69) is 25.6 Å². The molecular weight excluding hydrogens is 271 g/mol. The second-order valence-corrected chi connectivity index (χ2v) is 4.30. The van der Waals surface area contributed by atoms with Crippen molar-refractivity contribution in [3.63, 3.8) is 0 Å². The van der Waals surface area contributed by atoms with Crippen molar-refractivity contribution in [2.75, 3.05) is 10.6 Å². The summed E-state index contributed by atoms with van der Waals surface area (Å²) in [6, 6.07) is -1.75. The fourth-order valence-corrected chi connectivity index (χ4v) is 1.17. The lowest BCUT2D eigenvalue weighted by atomic mass is 10.3. The Morgan fingerprint density at radius 1 is 1.00 bits per heavy atom. The minimum atomic E-state index is -4.38. The largest absolute Gasteiger partial charge is 0.408 e. The molecular formula is C9H13ClF3N5. The Bertz CT molecular complexity index is 410. The van der Waals surface area contributed by atoms with Crippen molar-refractivity contribution in [3.8, 4) is 0 Å². The number of alkyl halides is 3. The van der Waals surface area contributed by atoms with Crippen molar-refractivity contribution in [3.05, 3.63) is 5.28 Å². The first-order chi connectivity index (χ1) is 8.18. The van der Waals surface area contributed by atoms with E-state index < -0.39 is 12.2 Å². The average molecular weight is 284 g/mol. The monoisotopic (exact) mass is 283 g/mol. The van der Waals surface area contributed by atoms with Crippen molar-refractivity contribution in [1.82, 2.24) is 15.0 Å². The summed E-state index contributed by atoms with van der Waals surface area (Å²) in [4.78, 5) is 11.1. The van der Waals surface area contributed by atoms with Crippen LogP contribution in [-0.2, 0) is 0 Å². The summed E-state index contributed by atoms with van der Waals surface area (Å²) in [6.45, 7) is 4.64. The maximum Gasteiger partial charge on any atom is 0.408 e. The lowest BCUT2D eigenvalue weighted by molar-refractivity contribution is -0.138. The van der Waals surface area contributed by atoms with Crippen LogP contribution < -0.4 is 10.6 Å². The molecule has 0 bridgehead atoms. The zero-order chi connectivity index (χ0) is 13.9. The molecule has 0 aromatic carbocycles. The van der Waals surface area contributed by atoms with E-state index in [9.17, 15) is 13.2 Å². The third-order valence-electron chi connectivity index (χ3n) is 1.86. The SMILES string of the molecule is CC(C)Nc1nc(Cl)nc(N[C@H](C)C(F)(F)F)n1. The summed E-state index contributed by atoms with van der Waals surface area (Å²) in [5.74, 6) is -0.0927. The second kappa shape index (κ2) is 5.55. The van der Waals surface area contributed by atoms with Gasteiger partial charge < -0.3 is 10.6 Å². The van der Waals surface area contributed by atoms with E-state index in [-0.39, 0.29) is 23.2 Å². The molecule has 0 aliphatic carbocycles. The third kappa shape index (κ3) is 4.52. The standard InChI is InChI=1S/C9H13ClF3N5/c1-4(2)14-7-16-6(10)17-8(18-7)15-5(3)9(11,12)13/h4-5H,1-3H3,(H2,14,15,16,17,18)/t5-/m1/s1. The lowest BCUT2D eigenvalue weighted by Gasteiger charge is -2.17. The molecule has 0 fully saturated rings. The molecule has 1 rings (SSSR count). The summed E-state index contributed by atoms with van der Waals surface area (Å²) in [5, 5.41) is 4.78. The van der Waals surface area contributed by atoms with Gasteiger partial charge in [-0.1, -0.05) is 0 Å². The van der Waals surface area contributed by atoms with Crippen LogP contribution in [0.4, 0.5) is 25.1 Å². The minimum Gasteiger partial charge on any atom is -0.352 e. The number of rotatable bonds is 4. The third-order valence-corrected chi connectivity index (χ3v) is 2.03. The van der Waals surface area contributed by atoms with Crippen LogP contribution in [0.15, 0.2) is 0 Å². The number of hydrogen-bond donors (Lipinski definition) is 2. The predicted octanol–water partition coefficient (Wildman–Crippen LogP) is 2.71. The first-order valence-corrected chi connectivity index (χ1v) is 5.57. The molecule has 0 unspecified atom stereocenters. The predicted molar refractivity (Wildman–Crippen MR) is 62.7 cm³/mol. The fourth-order valence-electron chi connectivity index (χ4n) is 1.01. The number of halogens is 4. The van der Waals surface area contributed by atoms with Crippen molar-refractivity contribution >= 4 is 23.5 Å². The number of nitrogens with zero attached hydrogens (tertiary/aromatic N) is 3. The van der Waals surface area contributed by atoms with Gasteiger partial charge in [-0.15, -0.1) is 0 Å². The van der Waals surface area contributed by atoms with Crippen LogP contribution in [0, 0.1) is 0 Å². The molecule has 0 amide bonds. The minimum absolute atomic E-state index is 0.0244. The van der Waals surface area contributed by atoms with Crippen LogP contribution in [0.1, 0.15) is 20.8 Å². The van der Waals surface area contributed by atoms with Gasteiger partial charge in [0.2, 0.25) is 17.2 Å². The summed E-state index contributed by atoms with van der Waals surface area (Å²) in [5.41, 5.74) is 0. The number of aromatic nitrogens is 3. The van der Waals surface area contributed by atoms with Crippen LogP contribution in [0.5, 0.6) is 0 Å². The quantitative estimate of drug-likeness (QED) is 0.889. The number of anilines is 2. The molecule has 5 nitrogen and oxygen atoms in total. The Kier molecular flexibility index (Phi) is 4.55. The molecule has 102 valence electrons. The first-order valence-electron chi connectivity index (χ1n) is 5.20. The Labute approximate surface area is 107 Å². The Hall–Kier alpha value is -1.31. The van der Waals surface area contributed by atoms with Gasteiger partial charge >= 0.3 is 6.18 Å². The lowest BCUT2D eigenvalue weighted by Crippen LogP contribution is -2.34. The van der Waals surface area contributed by atoms with Crippen LogP contribution in [-0.4, -0.2) is 33.2 Å². The molecule has 18 heavy (non-hydrogen) atoms. The highest BCUT2D eigenvalue weighted by Crippen LogP contribution is 2.22. The van der Waals surface area contributed by atoms with Gasteiger partial charge in [-0.25, -0.2) is 0 Å². The highest BCUT2D eigenvalue weighted by molar-refractivity contribution is 6.28. The van der Waals surface area contributed by atoms with Crippen LogP contribution in [0.3, 0.4) is 0 Å². The van der Waals surface area contributed by atoms with Crippen molar-refractivity contribution in [2.24, 2.45) is 0 Å². The van der Waals surface area contributed by atoms with Gasteiger partial charge in [0.05, 0.1) is 0 Å². The molecule has 1 heterocycles. The van der Waals surface area contributed by atoms with Gasteiger partial charge in [-0.3, -0.25) is 0 Å². The maximum atomic E-state index is 12.4. The molecule has 1 atom stereocenters. The fraction of sp³-hybridized carbons (Fsp3) is 0.667. The normalized spacial score (nSPS) is 13.6. The van der Waals surface area contributed by atoms with Gasteiger partial charge in [-0.2, -0.15) is 28.1 Å². The first kappa shape index (κ1) is 14.7. The van der Waals surface area contributed by atoms with E-state index in [1.54, 1.807) is 0 Å². The molecule has 9 heteroatoms. The molecule has 0 spiro atoms. The second-order valence-electron chi connectivity index (χ2n) is 3.96. The van der Waals surface area contributed by atoms with Crippen LogP contribution >= 0.6 is 11.6 Å².